The number of hydrogen-bond donors (Lipinski definition) is 2. The van der Waals surface area contributed by atoms with E-state index in [0.29, 0.717) is 28.5 Å². The van der Waals surface area contributed by atoms with Crippen LogP contribution in [0.2, 0.25) is 0 Å². The van der Waals surface area contributed by atoms with Crippen LogP contribution in [0.3, 0.4) is 0 Å². The number of rotatable bonds is 5. The summed E-state index contributed by atoms with van der Waals surface area (Å²) in [5.74, 6) is -0.107. The summed E-state index contributed by atoms with van der Waals surface area (Å²) >= 11 is 0. The van der Waals surface area contributed by atoms with E-state index in [-0.39, 0.29) is 11.6 Å². The molecule has 0 atom stereocenters. The minimum Gasteiger partial charge on any atom is -0.396 e. The number of nitrogens with two attached hydrogens (primary N) is 2. The molecule has 27 heavy (non-hydrogen) atoms. The largest absolute Gasteiger partial charge is 0.396 e. The van der Waals surface area contributed by atoms with Crippen LogP contribution in [0.25, 0.3) is 16.6 Å². The van der Waals surface area contributed by atoms with Gasteiger partial charge in [0.1, 0.15) is 0 Å². The first-order chi connectivity index (χ1) is 12.8. The van der Waals surface area contributed by atoms with Crippen molar-refractivity contribution in [3.63, 3.8) is 0 Å². The van der Waals surface area contributed by atoms with E-state index in [9.17, 15) is 13.2 Å². The van der Waals surface area contributed by atoms with Gasteiger partial charge in [0.15, 0.2) is 6.29 Å². The van der Waals surface area contributed by atoms with Gasteiger partial charge in [-0.3, -0.25) is 4.79 Å². The number of hydrogen-bond acceptors (Lipinski definition) is 6. The van der Waals surface area contributed by atoms with Crippen molar-refractivity contribution in [3.8, 4) is 0 Å². The van der Waals surface area contributed by atoms with E-state index in [1.165, 1.54) is 0 Å². The fraction of sp³-hybridized carbons (Fsp3) is 0.158. The first-order valence-electron chi connectivity index (χ1n) is 8.30. The average molecular weight is 384 g/mol. The maximum atomic E-state index is 12.7. The van der Waals surface area contributed by atoms with Gasteiger partial charge in [0, 0.05) is 5.57 Å². The third kappa shape index (κ3) is 3.19. The molecular weight excluding hydrogens is 364 g/mol. The Bertz CT molecular complexity index is 1150. The van der Waals surface area contributed by atoms with Crippen LogP contribution in [0.4, 0.5) is 5.95 Å². The van der Waals surface area contributed by atoms with Gasteiger partial charge in [-0.2, -0.15) is 0 Å². The quantitative estimate of drug-likeness (QED) is 0.513. The van der Waals surface area contributed by atoms with E-state index in [0.717, 1.165) is 9.54 Å². The Balaban J connectivity index is 2.32. The molecule has 0 unspecified atom stereocenters. The molecule has 0 aliphatic heterocycles. The Hall–Kier alpha value is -3.13. The number of anilines is 1. The lowest BCUT2D eigenvalue weighted by molar-refractivity contribution is -0.104. The summed E-state index contributed by atoms with van der Waals surface area (Å²) in [6.45, 7) is 3.15. The fourth-order valence-electron chi connectivity index (χ4n) is 2.87. The normalized spacial score (nSPS) is 13.0. The number of nitrogens with zero attached hydrogens (tertiary/aromatic N) is 2. The lowest BCUT2D eigenvalue weighted by Gasteiger charge is -2.13. The number of fused-ring (bicyclic) bond motifs is 1. The standard InChI is InChI=1S/C19H20N4O3S/c1-12(2)27(25,26)23-17-10-14(8-9-16(17)22-19(23)21)18(15(20)11-24)13-6-4-3-5-7-13/h3-12H,20H2,1-2H3,(H2,21,22). The molecule has 0 amide bonds. The van der Waals surface area contributed by atoms with Crippen LogP contribution in [0.1, 0.15) is 25.0 Å². The number of nitrogen functional groups attached to an aromatic ring is 1. The second-order valence-electron chi connectivity index (χ2n) is 6.35. The molecule has 0 bridgehead atoms. The molecule has 3 rings (SSSR count). The molecule has 140 valence electrons. The van der Waals surface area contributed by atoms with E-state index < -0.39 is 15.3 Å². The van der Waals surface area contributed by atoms with E-state index >= 15 is 0 Å². The smallest absolute Gasteiger partial charge is 0.244 e. The molecule has 0 aliphatic rings. The molecule has 0 saturated heterocycles. The topological polar surface area (TPSA) is 121 Å². The van der Waals surface area contributed by atoms with Crippen LogP contribution in [-0.2, 0) is 14.8 Å². The lowest BCUT2D eigenvalue weighted by Crippen LogP contribution is -2.23. The van der Waals surface area contributed by atoms with Gasteiger partial charge in [-0.1, -0.05) is 36.4 Å². The van der Waals surface area contributed by atoms with Crippen LogP contribution >= 0.6 is 0 Å². The monoisotopic (exact) mass is 384 g/mol. The molecule has 7 nitrogen and oxygen atoms in total. The van der Waals surface area contributed by atoms with E-state index in [1.807, 2.05) is 30.3 Å². The predicted molar refractivity (Wildman–Crippen MR) is 106 cm³/mol. The summed E-state index contributed by atoms with van der Waals surface area (Å²) in [4.78, 5) is 15.5. The van der Waals surface area contributed by atoms with Crippen LogP contribution in [0, 0.1) is 0 Å². The second kappa shape index (κ2) is 6.88. The predicted octanol–water partition coefficient (Wildman–Crippen LogP) is 2.12. The summed E-state index contributed by atoms with van der Waals surface area (Å²) < 4.78 is 26.5. The number of allylic oxidation sites excluding steroid dienone is 1. The number of carbonyl (C=O) groups excluding carboxylic acids is 1. The average Bonchev–Trinajstić information content (AvgIpc) is 2.98. The highest BCUT2D eigenvalue weighted by atomic mass is 32.2. The molecule has 1 heterocycles. The van der Waals surface area contributed by atoms with Crippen molar-refractivity contribution in [2.45, 2.75) is 19.1 Å². The third-order valence-corrected chi connectivity index (χ3v) is 6.34. The summed E-state index contributed by atoms with van der Waals surface area (Å²) in [5, 5.41) is -0.676. The zero-order valence-corrected chi connectivity index (χ0v) is 15.8. The Kier molecular flexibility index (Phi) is 4.75. The van der Waals surface area contributed by atoms with Crippen molar-refractivity contribution >= 4 is 38.9 Å². The van der Waals surface area contributed by atoms with Gasteiger partial charge in [0.2, 0.25) is 16.0 Å². The molecule has 0 aliphatic carbocycles. The van der Waals surface area contributed by atoms with Gasteiger partial charge < -0.3 is 11.5 Å². The highest BCUT2D eigenvalue weighted by Crippen LogP contribution is 2.30. The summed E-state index contributed by atoms with van der Waals surface area (Å²) in [7, 11) is -3.71. The lowest BCUT2D eigenvalue weighted by atomic mass is 9.96. The second-order valence-corrected chi connectivity index (χ2v) is 8.68. The number of aldehydes is 1. The maximum absolute atomic E-state index is 12.7. The third-order valence-electron chi connectivity index (χ3n) is 4.25. The molecule has 0 fully saturated rings. The first kappa shape index (κ1) is 18.7. The van der Waals surface area contributed by atoms with Crippen molar-refractivity contribution in [2.75, 3.05) is 5.73 Å². The van der Waals surface area contributed by atoms with Crippen LogP contribution in [-0.4, -0.2) is 28.9 Å². The maximum Gasteiger partial charge on any atom is 0.244 e. The number of aromatic nitrogens is 2. The summed E-state index contributed by atoms with van der Waals surface area (Å²) in [6.07, 6.45) is 0.572. The fourth-order valence-corrected chi connectivity index (χ4v) is 4.01. The zero-order valence-electron chi connectivity index (χ0n) is 15.0. The Morgan fingerprint density at radius 1 is 1.11 bits per heavy atom. The first-order valence-corrected chi connectivity index (χ1v) is 9.80. The summed E-state index contributed by atoms with van der Waals surface area (Å²) in [5.41, 5.74) is 14.5. The van der Waals surface area contributed by atoms with Gasteiger partial charge in [-0.05, 0) is 37.1 Å². The van der Waals surface area contributed by atoms with Crippen molar-refractivity contribution in [1.82, 2.24) is 8.96 Å². The van der Waals surface area contributed by atoms with Crippen molar-refractivity contribution in [1.29, 1.82) is 0 Å². The van der Waals surface area contributed by atoms with Gasteiger partial charge in [-0.25, -0.2) is 17.4 Å². The van der Waals surface area contributed by atoms with E-state index in [2.05, 4.69) is 4.98 Å². The van der Waals surface area contributed by atoms with Crippen LogP contribution in [0.5, 0.6) is 0 Å². The van der Waals surface area contributed by atoms with Gasteiger partial charge in [0.25, 0.3) is 0 Å². The Labute approximate surface area is 157 Å². The van der Waals surface area contributed by atoms with Crippen molar-refractivity contribution in [3.05, 3.63) is 65.4 Å². The zero-order chi connectivity index (χ0) is 19.8. The molecule has 0 saturated carbocycles. The molecular formula is C19H20N4O3S. The number of carbonyl (C=O) groups is 1. The molecule has 0 spiro atoms. The van der Waals surface area contributed by atoms with E-state index in [4.69, 9.17) is 11.5 Å². The number of imidazole rings is 1. The highest BCUT2D eigenvalue weighted by Gasteiger charge is 2.25. The molecule has 4 N–H and O–H groups in total. The molecule has 8 heteroatoms. The highest BCUT2D eigenvalue weighted by molar-refractivity contribution is 7.90. The minimum atomic E-state index is -3.71. The minimum absolute atomic E-state index is 0.0475. The molecule has 0 radical (unpaired) electrons. The van der Waals surface area contributed by atoms with Crippen LogP contribution in [0.15, 0.2) is 54.2 Å². The van der Waals surface area contributed by atoms with Gasteiger partial charge in [0.05, 0.1) is 22.0 Å². The summed E-state index contributed by atoms with van der Waals surface area (Å²) in [6, 6.07) is 14.2. The SMILES string of the molecule is CC(C)S(=O)(=O)n1c(N)nc2ccc(C(=C(N)C=O)c3ccccc3)cc21. The molecule has 2 aromatic carbocycles. The Morgan fingerprint density at radius 2 is 1.78 bits per heavy atom. The van der Waals surface area contributed by atoms with Crippen LogP contribution < -0.4 is 11.5 Å². The van der Waals surface area contributed by atoms with Crippen molar-refractivity contribution in [2.24, 2.45) is 5.73 Å². The van der Waals surface area contributed by atoms with Crippen molar-refractivity contribution < 1.29 is 13.2 Å². The van der Waals surface area contributed by atoms with E-state index in [1.54, 1.807) is 32.0 Å². The van der Waals surface area contributed by atoms with Gasteiger partial charge in [-0.15, -0.1) is 0 Å². The Morgan fingerprint density at radius 3 is 2.37 bits per heavy atom. The number of benzene rings is 2. The molecule has 1 aromatic heterocycles. The molecule has 3 aromatic rings. The van der Waals surface area contributed by atoms with Gasteiger partial charge >= 0.3 is 0 Å².